The van der Waals surface area contributed by atoms with E-state index >= 15 is 0 Å². The fraction of sp³-hybridized carbons (Fsp3) is 0.500. The van der Waals surface area contributed by atoms with Crippen molar-refractivity contribution in [1.82, 2.24) is 5.32 Å². The first-order valence-corrected chi connectivity index (χ1v) is 7.12. The molecule has 0 aliphatic heterocycles. The van der Waals surface area contributed by atoms with Crippen molar-refractivity contribution in [3.05, 3.63) is 29.3 Å². The highest BCUT2D eigenvalue weighted by atomic mass is 32.2. The monoisotopic (exact) mass is 266 g/mol. The second kappa shape index (κ2) is 6.25. The third kappa shape index (κ3) is 3.75. The molecule has 0 aliphatic rings. The van der Waals surface area contributed by atoms with E-state index in [1.165, 1.54) is 16.0 Å². The first kappa shape index (κ1) is 15.1. The third-order valence-corrected chi connectivity index (χ3v) is 4.43. The van der Waals surface area contributed by atoms with Crippen LogP contribution < -0.4 is 11.1 Å². The molecule has 0 spiro atoms. The second-order valence-corrected chi connectivity index (χ2v) is 5.81. The molecule has 1 unspecified atom stereocenters. The Balaban J connectivity index is 2.73. The summed E-state index contributed by atoms with van der Waals surface area (Å²) >= 11 is 1.66. The largest absolute Gasteiger partial charge is 0.368 e. The molecule has 0 fully saturated rings. The number of hydrogen-bond donors (Lipinski definition) is 2. The van der Waals surface area contributed by atoms with Gasteiger partial charge in [-0.15, -0.1) is 11.8 Å². The van der Waals surface area contributed by atoms with Gasteiger partial charge in [-0.1, -0.05) is 13.0 Å². The molecule has 1 aromatic rings. The number of thioether (sulfide) groups is 1. The molecule has 4 heteroatoms. The van der Waals surface area contributed by atoms with Crippen LogP contribution in [-0.4, -0.2) is 23.7 Å². The minimum atomic E-state index is -0.655. The predicted octanol–water partition coefficient (Wildman–Crippen LogP) is 2.25. The molecule has 0 saturated heterocycles. The van der Waals surface area contributed by atoms with Gasteiger partial charge in [0.2, 0.25) is 5.91 Å². The van der Waals surface area contributed by atoms with Crippen molar-refractivity contribution < 1.29 is 4.79 Å². The van der Waals surface area contributed by atoms with E-state index < -0.39 is 5.54 Å². The topological polar surface area (TPSA) is 55.1 Å². The number of benzene rings is 1. The highest BCUT2D eigenvalue weighted by Gasteiger charge is 2.29. The number of carbonyl (C=O) groups is 1. The first-order chi connectivity index (χ1) is 8.39. The number of aryl methyl sites for hydroxylation is 2. The summed E-state index contributed by atoms with van der Waals surface area (Å²) in [6.45, 7) is 8.74. The highest BCUT2D eigenvalue weighted by molar-refractivity contribution is 7.99. The van der Waals surface area contributed by atoms with Crippen LogP contribution in [0.25, 0.3) is 0 Å². The number of carbonyl (C=O) groups excluding carboxylic acids is 1. The molecule has 1 rings (SSSR count). The van der Waals surface area contributed by atoms with Crippen molar-refractivity contribution >= 4 is 17.7 Å². The molecule has 0 radical (unpaired) electrons. The summed E-state index contributed by atoms with van der Waals surface area (Å²) in [7, 11) is 0. The van der Waals surface area contributed by atoms with E-state index in [1.807, 2.05) is 13.8 Å². The Hall–Kier alpha value is -1.00. The first-order valence-electron chi connectivity index (χ1n) is 6.14. The van der Waals surface area contributed by atoms with Crippen molar-refractivity contribution in [3.63, 3.8) is 0 Å². The molecule has 3 N–H and O–H groups in total. The number of nitrogens with two attached hydrogens (primary N) is 1. The normalized spacial score (nSPS) is 14.2. The van der Waals surface area contributed by atoms with E-state index in [0.29, 0.717) is 5.75 Å². The van der Waals surface area contributed by atoms with Crippen molar-refractivity contribution in [2.45, 2.75) is 38.1 Å². The molecule has 18 heavy (non-hydrogen) atoms. The van der Waals surface area contributed by atoms with E-state index in [0.717, 1.165) is 6.54 Å². The van der Waals surface area contributed by atoms with E-state index in [9.17, 15) is 4.79 Å². The van der Waals surface area contributed by atoms with Gasteiger partial charge in [-0.2, -0.15) is 0 Å². The van der Waals surface area contributed by atoms with Crippen LogP contribution in [0.2, 0.25) is 0 Å². The number of likely N-dealkylation sites (N-methyl/N-ethyl adjacent to an activating group) is 1. The van der Waals surface area contributed by atoms with Gasteiger partial charge >= 0.3 is 0 Å². The number of amides is 1. The Labute approximate surface area is 114 Å². The third-order valence-electron chi connectivity index (χ3n) is 3.12. The lowest BCUT2D eigenvalue weighted by atomic mass is 10.1. The molecule has 0 aliphatic carbocycles. The fourth-order valence-corrected chi connectivity index (χ4v) is 2.75. The maximum atomic E-state index is 11.5. The molecule has 3 nitrogen and oxygen atoms in total. The van der Waals surface area contributed by atoms with Gasteiger partial charge in [0.25, 0.3) is 0 Å². The summed E-state index contributed by atoms with van der Waals surface area (Å²) in [4.78, 5) is 12.7. The Morgan fingerprint density at radius 2 is 2.06 bits per heavy atom. The van der Waals surface area contributed by atoms with E-state index in [1.54, 1.807) is 11.8 Å². The average Bonchev–Trinajstić information content (AvgIpc) is 2.31. The van der Waals surface area contributed by atoms with E-state index in [-0.39, 0.29) is 5.91 Å². The lowest BCUT2D eigenvalue weighted by Crippen LogP contribution is -2.55. The van der Waals surface area contributed by atoms with Crippen LogP contribution in [0.1, 0.15) is 25.0 Å². The molecule has 0 bridgehead atoms. The molecule has 1 aromatic carbocycles. The molecule has 0 heterocycles. The molecule has 1 amide bonds. The van der Waals surface area contributed by atoms with Gasteiger partial charge in [0, 0.05) is 10.6 Å². The second-order valence-electron chi connectivity index (χ2n) is 4.76. The zero-order valence-electron chi connectivity index (χ0n) is 11.5. The summed E-state index contributed by atoms with van der Waals surface area (Å²) in [5.74, 6) is 0.333. The van der Waals surface area contributed by atoms with Crippen LogP contribution in [-0.2, 0) is 4.79 Å². The van der Waals surface area contributed by atoms with Crippen LogP contribution in [0.4, 0.5) is 0 Å². The van der Waals surface area contributed by atoms with Crippen molar-refractivity contribution in [3.8, 4) is 0 Å². The quantitative estimate of drug-likeness (QED) is 0.777. The lowest BCUT2D eigenvalue weighted by molar-refractivity contribution is -0.122. The maximum Gasteiger partial charge on any atom is 0.238 e. The zero-order valence-corrected chi connectivity index (χ0v) is 12.4. The predicted molar refractivity (Wildman–Crippen MR) is 77.9 cm³/mol. The Kier molecular flexibility index (Phi) is 5.23. The highest BCUT2D eigenvalue weighted by Crippen LogP contribution is 2.24. The Bertz CT molecular complexity index is 434. The zero-order chi connectivity index (χ0) is 13.8. The minimum Gasteiger partial charge on any atom is -0.368 e. The molecule has 0 saturated carbocycles. The van der Waals surface area contributed by atoms with Crippen LogP contribution in [0.5, 0.6) is 0 Å². The fourth-order valence-electron chi connectivity index (χ4n) is 1.63. The van der Waals surface area contributed by atoms with Gasteiger partial charge in [0.15, 0.2) is 0 Å². The van der Waals surface area contributed by atoms with Crippen LogP contribution in [0, 0.1) is 13.8 Å². The van der Waals surface area contributed by atoms with Gasteiger partial charge in [0.1, 0.15) is 5.54 Å². The number of nitrogens with one attached hydrogen (secondary N) is 1. The van der Waals surface area contributed by atoms with Gasteiger partial charge < -0.3 is 11.1 Å². The SMILES string of the molecule is CCNC(C)(CSc1ccc(C)c(C)c1)C(N)=O. The summed E-state index contributed by atoms with van der Waals surface area (Å²) in [5.41, 5.74) is 7.35. The van der Waals surface area contributed by atoms with Crippen molar-refractivity contribution in [2.24, 2.45) is 5.73 Å². The van der Waals surface area contributed by atoms with Crippen LogP contribution >= 0.6 is 11.8 Å². The van der Waals surface area contributed by atoms with Gasteiger partial charge in [-0.3, -0.25) is 4.79 Å². The summed E-state index contributed by atoms with van der Waals surface area (Å²) in [6, 6.07) is 6.33. The Morgan fingerprint density at radius 1 is 1.39 bits per heavy atom. The molecule has 1 atom stereocenters. The van der Waals surface area contributed by atoms with Gasteiger partial charge in [-0.25, -0.2) is 0 Å². The Morgan fingerprint density at radius 3 is 2.56 bits per heavy atom. The lowest BCUT2D eigenvalue weighted by Gasteiger charge is -2.26. The minimum absolute atomic E-state index is 0.305. The molecule has 0 aromatic heterocycles. The average molecular weight is 266 g/mol. The summed E-state index contributed by atoms with van der Waals surface area (Å²) < 4.78 is 0. The van der Waals surface area contributed by atoms with E-state index in [2.05, 4.69) is 37.4 Å². The number of primary amides is 1. The maximum absolute atomic E-state index is 11.5. The van der Waals surface area contributed by atoms with Crippen LogP contribution in [0.3, 0.4) is 0 Å². The molecule has 100 valence electrons. The van der Waals surface area contributed by atoms with Crippen molar-refractivity contribution in [2.75, 3.05) is 12.3 Å². The molecular formula is C14H22N2OS. The summed E-state index contributed by atoms with van der Waals surface area (Å²) in [6.07, 6.45) is 0. The number of hydrogen-bond acceptors (Lipinski definition) is 3. The van der Waals surface area contributed by atoms with Gasteiger partial charge in [0.05, 0.1) is 0 Å². The smallest absolute Gasteiger partial charge is 0.238 e. The van der Waals surface area contributed by atoms with E-state index in [4.69, 9.17) is 5.73 Å². The molecular weight excluding hydrogens is 244 g/mol. The van der Waals surface area contributed by atoms with Gasteiger partial charge in [-0.05, 0) is 50.6 Å². The summed E-state index contributed by atoms with van der Waals surface area (Å²) in [5, 5.41) is 3.16. The van der Waals surface area contributed by atoms with Crippen LogP contribution in [0.15, 0.2) is 23.1 Å². The van der Waals surface area contributed by atoms with Crippen molar-refractivity contribution in [1.29, 1.82) is 0 Å². The number of rotatable bonds is 6. The standard InChI is InChI=1S/C14H22N2OS/c1-5-16-14(4,13(15)17)9-18-12-7-6-10(2)11(3)8-12/h6-8,16H,5,9H2,1-4H3,(H2,15,17).